The highest BCUT2D eigenvalue weighted by Gasteiger charge is 2.26. The third kappa shape index (κ3) is 2.51. The van der Waals surface area contributed by atoms with Crippen molar-refractivity contribution < 1.29 is 4.39 Å². The van der Waals surface area contributed by atoms with Crippen LogP contribution in [0, 0.1) is 5.82 Å². The third-order valence-corrected chi connectivity index (χ3v) is 3.96. The first-order chi connectivity index (χ1) is 9.77. The van der Waals surface area contributed by atoms with Crippen molar-refractivity contribution in [2.45, 2.75) is 6.04 Å². The van der Waals surface area contributed by atoms with Crippen LogP contribution in [0.4, 0.5) is 10.1 Å². The summed E-state index contributed by atoms with van der Waals surface area (Å²) in [6.07, 6.45) is 0. The van der Waals surface area contributed by atoms with Crippen molar-refractivity contribution >= 4 is 17.3 Å². The van der Waals surface area contributed by atoms with Crippen LogP contribution in [-0.4, -0.2) is 19.6 Å². The van der Waals surface area contributed by atoms with Gasteiger partial charge in [-0.15, -0.1) is 0 Å². The molecule has 1 fully saturated rings. The van der Waals surface area contributed by atoms with Gasteiger partial charge in [0.25, 0.3) is 0 Å². The van der Waals surface area contributed by atoms with Gasteiger partial charge in [-0.05, 0) is 17.7 Å². The van der Waals surface area contributed by atoms with Gasteiger partial charge in [-0.1, -0.05) is 48.0 Å². The molecule has 1 heterocycles. The van der Waals surface area contributed by atoms with Crippen molar-refractivity contribution in [2.75, 3.05) is 24.5 Å². The van der Waals surface area contributed by atoms with Gasteiger partial charge in [-0.25, -0.2) is 4.39 Å². The summed E-state index contributed by atoms with van der Waals surface area (Å²) in [5.41, 5.74) is 1.76. The summed E-state index contributed by atoms with van der Waals surface area (Å²) in [4.78, 5) is 2.09. The first-order valence-corrected chi connectivity index (χ1v) is 7.11. The summed E-state index contributed by atoms with van der Waals surface area (Å²) < 4.78 is 14.3. The van der Waals surface area contributed by atoms with Gasteiger partial charge in [-0.3, -0.25) is 0 Å². The highest BCUT2D eigenvalue weighted by Crippen LogP contribution is 2.32. The SMILES string of the molecule is Fc1c(Cl)cccc1N1CCNCC1c1ccccc1. The average Bonchev–Trinajstić information content (AvgIpc) is 2.51. The Labute approximate surface area is 123 Å². The van der Waals surface area contributed by atoms with Crippen LogP contribution < -0.4 is 10.2 Å². The van der Waals surface area contributed by atoms with Crippen molar-refractivity contribution in [3.05, 3.63) is 64.9 Å². The maximum absolute atomic E-state index is 14.3. The van der Waals surface area contributed by atoms with Gasteiger partial charge in [0.15, 0.2) is 5.82 Å². The molecule has 1 atom stereocenters. The average molecular weight is 291 g/mol. The zero-order valence-electron chi connectivity index (χ0n) is 11.0. The molecule has 1 unspecified atom stereocenters. The third-order valence-electron chi connectivity index (χ3n) is 3.67. The van der Waals surface area contributed by atoms with Crippen LogP contribution >= 0.6 is 11.6 Å². The molecule has 2 aromatic rings. The van der Waals surface area contributed by atoms with E-state index in [1.165, 1.54) is 5.56 Å². The predicted octanol–water partition coefficient (Wildman–Crippen LogP) is 3.63. The largest absolute Gasteiger partial charge is 0.360 e. The van der Waals surface area contributed by atoms with E-state index in [9.17, 15) is 4.39 Å². The number of hydrogen-bond acceptors (Lipinski definition) is 2. The smallest absolute Gasteiger partial charge is 0.165 e. The van der Waals surface area contributed by atoms with E-state index in [0.717, 1.165) is 19.6 Å². The highest BCUT2D eigenvalue weighted by atomic mass is 35.5. The second kappa shape index (κ2) is 5.81. The minimum atomic E-state index is -0.336. The number of nitrogens with one attached hydrogen (secondary N) is 1. The van der Waals surface area contributed by atoms with E-state index in [1.807, 2.05) is 18.2 Å². The molecule has 0 amide bonds. The number of benzene rings is 2. The molecule has 1 aliphatic heterocycles. The predicted molar refractivity (Wildman–Crippen MR) is 80.8 cm³/mol. The molecule has 20 heavy (non-hydrogen) atoms. The Bertz CT molecular complexity index is 588. The second-order valence-corrected chi connectivity index (χ2v) is 5.30. The lowest BCUT2D eigenvalue weighted by atomic mass is 10.0. The fourth-order valence-corrected chi connectivity index (χ4v) is 2.85. The molecule has 1 aliphatic rings. The lowest BCUT2D eigenvalue weighted by Crippen LogP contribution is -2.46. The highest BCUT2D eigenvalue weighted by molar-refractivity contribution is 6.31. The first kappa shape index (κ1) is 13.4. The molecule has 3 rings (SSSR count). The minimum Gasteiger partial charge on any atom is -0.360 e. The fraction of sp³-hybridized carbons (Fsp3) is 0.250. The molecule has 1 saturated heterocycles. The van der Waals surface area contributed by atoms with Crippen molar-refractivity contribution in [1.29, 1.82) is 0 Å². The van der Waals surface area contributed by atoms with Crippen LogP contribution in [0.25, 0.3) is 0 Å². The molecule has 0 bridgehead atoms. The normalized spacial score (nSPS) is 19.1. The summed E-state index contributed by atoms with van der Waals surface area (Å²) in [6, 6.07) is 15.5. The van der Waals surface area contributed by atoms with Gasteiger partial charge in [0.2, 0.25) is 0 Å². The molecule has 4 heteroatoms. The summed E-state index contributed by atoms with van der Waals surface area (Å²) in [5.74, 6) is -0.336. The topological polar surface area (TPSA) is 15.3 Å². The Kier molecular flexibility index (Phi) is 3.90. The lowest BCUT2D eigenvalue weighted by molar-refractivity contribution is 0.480. The number of anilines is 1. The lowest BCUT2D eigenvalue weighted by Gasteiger charge is -2.38. The van der Waals surface area contributed by atoms with E-state index in [-0.39, 0.29) is 16.9 Å². The second-order valence-electron chi connectivity index (χ2n) is 4.90. The van der Waals surface area contributed by atoms with Gasteiger partial charge >= 0.3 is 0 Å². The van der Waals surface area contributed by atoms with Crippen molar-refractivity contribution in [3.8, 4) is 0 Å². The minimum absolute atomic E-state index is 0.123. The van der Waals surface area contributed by atoms with Gasteiger partial charge in [0.05, 0.1) is 16.8 Å². The molecule has 1 N–H and O–H groups in total. The number of nitrogens with zero attached hydrogens (tertiary/aromatic N) is 1. The zero-order valence-corrected chi connectivity index (χ0v) is 11.8. The Hall–Kier alpha value is -1.58. The number of halogens is 2. The van der Waals surface area contributed by atoms with E-state index in [4.69, 9.17) is 11.6 Å². The molecule has 0 spiro atoms. The summed E-state index contributed by atoms with van der Waals surface area (Å²) >= 11 is 5.91. The molecule has 0 saturated carbocycles. The summed E-state index contributed by atoms with van der Waals surface area (Å²) in [5, 5.41) is 3.54. The van der Waals surface area contributed by atoms with Crippen LogP contribution in [0.15, 0.2) is 48.5 Å². The van der Waals surface area contributed by atoms with Crippen molar-refractivity contribution in [1.82, 2.24) is 5.32 Å². The summed E-state index contributed by atoms with van der Waals surface area (Å²) in [6.45, 7) is 2.40. The molecular weight excluding hydrogens is 275 g/mol. The van der Waals surface area contributed by atoms with Crippen LogP contribution in [-0.2, 0) is 0 Å². The Morgan fingerprint density at radius 3 is 2.70 bits per heavy atom. The Morgan fingerprint density at radius 2 is 1.90 bits per heavy atom. The molecule has 2 nitrogen and oxygen atoms in total. The Morgan fingerprint density at radius 1 is 1.10 bits per heavy atom. The Balaban J connectivity index is 1.99. The molecule has 0 aliphatic carbocycles. The van der Waals surface area contributed by atoms with E-state index >= 15 is 0 Å². The maximum Gasteiger partial charge on any atom is 0.165 e. The van der Waals surface area contributed by atoms with Crippen molar-refractivity contribution in [2.24, 2.45) is 0 Å². The first-order valence-electron chi connectivity index (χ1n) is 6.73. The standard InChI is InChI=1S/C16H16ClFN2/c17-13-7-4-8-14(16(13)18)20-10-9-19-11-15(20)12-5-2-1-3-6-12/h1-8,15,19H,9-11H2. The molecular formula is C16H16ClFN2. The zero-order chi connectivity index (χ0) is 13.9. The summed E-state index contributed by atoms with van der Waals surface area (Å²) in [7, 11) is 0. The number of rotatable bonds is 2. The van der Waals surface area contributed by atoms with Crippen LogP contribution in [0.3, 0.4) is 0 Å². The van der Waals surface area contributed by atoms with Crippen molar-refractivity contribution in [3.63, 3.8) is 0 Å². The van der Waals surface area contributed by atoms with Crippen LogP contribution in [0.1, 0.15) is 11.6 Å². The number of piperazine rings is 1. The van der Waals surface area contributed by atoms with Gasteiger partial charge in [-0.2, -0.15) is 0 Å². The van der Waals surface area contributed by atoms with E-state index in [1.54, 1.807) is 18.2 Å². The van der Waals surface area contributed by atoms with Gasteiger partial charge in [0.1, 0.15) is 0 Å². The quantitative estimate of drug-likeness (QED) is 0.908. The molecule has 0 radical (unpaired) electrons. The number of hydrogen-bond donors (Lipinski definition) is 1. The van der Waals surface area contributed by atoms with Crippen LogP contribution in [0.5, 0.6) is 0 Å². The van der Waals surface area contributed by atoms with Crippen LogP contribution in [0.2, 0.25) is 5.02 Å². The molecule has 104 valence electrons. The van der Waals surface area contributed by atoms with Gasteiger partial charge < -0.3 is 10.2 Å². The molecule has 2 aromatic carbocycles. The fourth-order valence-electron chi connectivity index (χ4n) is 2.68. The van der Waals surface area contributed by atoms with E-state index < -0.39 is 0 Å². The molecule has 0 aromatic heterocycles. The monoisotopic (exact) mass is 290 g/mol. The maximum atomic E-state index is 14.3. The van der Waals surface area contributed by atoms with E-state index in [0.29, 0.717) is 5.69 Å². The van der Waals surface area contributed by atoms with E-state index in [2.05, 4.69) is 22.3 Å². The van der Waals surface area contributed by atoms with Gasteiger partial charge in [0, 0.05) is 19.6 Å².